The summed E-state index contributed by atoms with van der Waals surface area (Å²) in [5, 5.41) is 56.2. The topological polar surface area (TPSA) is 318 Å². The molecular formula is C82H103N3O19. The number of amides is 3. The molecule has 7 fully saturated rings. The van der Waals surface area contributed by atoms with Crippen LogP contribution >= 0.6 is 0 Å². The SMILES string of the molecule is C=C1/C(=C\C=C2/CCC[C@@]3(C)C2CC[C@@H]3[C@@H](C)/C=C/C(O)C2CC2)C[C@@H](O)C[C@@H]1OC(=O)NCCCCCCNC(=O)OC1CC2OCC2(OC(C)=O)C2C(OC(=O)c3ccccc3)C3(O)CC(OC(=O)C(O)C(NC(=O)c4ccccc4)c4ccccc4)C(C)=C(C(OC(C)=O)C(=O)C12C)C3(C)C. The molecule has 3 aromatic rings. The number of esters is 4. The molecule has 3 amide bonds. The molecule has 2 bridgehead atoms. The second-order valence-electron chi connectivity index (χ2n) is 31.1. The minimum Gasteiger partial charge on any atom is -0.456 e. The number of unbranched alkanes of at least 4 members (excludes halogenated alkanes) is 3. The number of hydrogen-bond donors (Lipinski definition) is 7. The largest absolute Gasteiger partial charge is 0.456 e. The lowest BCUT2D eigenvalue weighted by Gasteiger charge is -2.67. The molecular weight excluding hydrogens is 1330 g/mol. The number of ether oxygens (including phenoxy) is 7. The quantitative estimate of drug-likeness (QED) is 0.0190. The van der Waals surface area contributed by atoms with Gasteiger partial charge in [0.05, 0.1) is 41.8 Å². The van der Waals surface area contributed by atoms with E-state index in [2.05, 4.69) is 54.6 Å². The summed E-state index contributed by atoms with van der Waals surface area (Å²) in [6, 6.07) is 22.8. The van der Waals surface area contributed by atoms with Gasteiger partial charge in [0.25, 0.3) is 5.91 Å². The van der Waals surface area contributed by atoms with E-state index < -0.39 is 144 Å². The molecule has 22 heteroatoms. The van der Waals surface area contributed by atoms with Gasteiger partial charge in [-0.3, -0.25) is 19.2 Å². The van der Waals surface area contributed by atoms with Crippen LogP contribution in [0.5, 0.6) is 0 Å². The number of aliphatic hydroxyl groups excluding tert-OH is 3. The molecule has 0 spiro atoms. The standard InChI is InChI=1S/C82H103N3O19/c1-47(31-38-61(89)53-33-34-53)59-36-37-60-52(30-23-39-79(59,60)8)32-35-57-42-58(88)43-62(48(57)2)101-76(95)83-40-21-10-11-22-41-84-77(96)102-64-44-65-81(46-98-65,104-51(5)87)70-72(103-74(93)56-28-19-14-20-29-56)82(97)45-63(49(3)66(78(82,6)7)69(99-50(4)86)71(91)80(64,70)9)100-75(94)68(90)67(54-24-15-12-16-25-54)85-73(92)55-26-17-13-18-27-55/h12-20,24-29,31-32,35,38,47,53,58-65,67-70,72,88-90,97H,2,10-11,21-23,30,33-34,36-37,39-46H2,1,3-9H3,(H,83,95)(H,84,96)(H,85,92)/b38-31+,52-32+,57-35-/t47-,58+,59+,60?,61?,62-,63?,64?,65?,67?,68?,69?,70?,72?,79+,80?,81?,82?/m0/s1. The Morgan fingerprint density at radius 2 is 1.38 bits per heavy atom. The van der Waals surface area contributed by atoms with Gasteiger partial charge in [-0.05, 0) is 159 Å². The van der Waals surface area contributed by atoms with Crippen molar-refractivity contribution in [2.45, 2.75) is 224 Å². The van der Waals surface area contributed by atoms with Crippen molar-refractivity contribution in [1.82, 2.24) is 16.0 Å². The van der Waals surface area contributed by atoms with E-state index in [1.165, 1.54) is 31.6 Å². The number of nitrogens with one attached hydrogen (secondary N) is 3. The van der Waals surface area contributed by atoms with E-state index in [9.17, 15) is 54.0 Å². The Labute approximate surface area is 608 Å². The third kappa shape index (κ3) is 15.7. The minimum absolute atomic E-state index is 0.0179. The molecule has 3 aromatic carbocycles. The highest BCUT2D eigenvalue weighted by molar-refractivity contribution is 5.96. The van der Waals surface area contributed by atoms with Crippen LogP contribution in [0.2, 0.25) is 0 Å². The maximum atomic E-state index is 16.5. The molecule has 1 saturated heterocycles. The minimum atomic E-state index is -2.52. The van der Waals surface area contributed by atoms with Gasteiger partial charge in [0.2, 0.25) is 0 Å². The van der Waals surface area contributed by atoms with E-state index in [0.29, 0.717) is 66.9 Å². The second-order valence-corrected chi connectivity index (χ2v) is 31.1. The molecule has 1 heterocycles. The Hall–Kier alpha value is -8.28. The zero-order valence-corrected chi connectivity index (χ0v) is 61.0. The summed E-state index contributed by atoms with van der Waals surface area (Å²) in [6.07, 6.45) is 4.62. The molecule has 7 aliphatic carbocycles. The predicted molar refractivity (Wildman–Crippen MR) is 382 cm³/mol. The van der Waals surface area contributed by atoms with Crippen molar-refractivity contribution in [2.75, 3.05) is 19.7 Å². The number of aliphatic hydroxyl groups is 4. The number of hydrogen-bond acceptors (Lipinski definition) is 19. The fourth-order valence-electron chi connectivity index (χ4n) is 18.4. The summed E-state index contributed by atoms with van der Waals surface area (Å²) in [5.41, 5.74) is -4.69. The van der Waals surface area contributed by atoms with Crippen LogP contribution in [0.4, 0.5) is 9.59 Å². The van der Waals surface area contributed by atoms with Gasteiger partial charge in [0, 0.05) is 57.2 Å². The Morgan fingerprint density at radius 1 is 0.740 bits per heavy atom. The Balaban J connectivity index is 0.767. The summed E-state index contributed by atoms with van der Waals surface area (Å²) in [6.45, 7) is 17.3. The van der Waals surface area contributed by atoms with Crippen LogP contribution in [-0.2, 0) is 52.3 Å². The summed E-state index contributed by atoms with van der Waals surface area (Å²) in [4.78, 5) is 115. The number of rotatable bonds is 24. The van der Waals surface area contributed by atoms with Crippen LogP contribution in [0.25, 0.3) is 0 Å². The first kappa shape index (κ1) is 76.8. The van der Waals surface area contributed by atoms with E-state index in [0.717, 1.165) is 64.4 Å². The van der Waals surface area contributed by atoms with Crippen LogP contribution in [0, 0.1) is 45.8 Å². The van der Waals surface area contributed by atoms with Gasteiger partial charge in [0.1, 0.15) is 36.1 Å². The van der Waals surface area contributed by atoms with Crippen molar-refractivity contribution in [3.8, 4) is 0 Å². The number of Topliss-reactive ketones (excluding diaryl/α,β-unsaturated/α-hetero) is 1. The van der Waals surface area contributed by atoms with Gasteiger partial charge in [-0.2, -0.15) is 0 Å². The lowest BCUT2D eigenvalue weighted by Crippen LogP contribution is -2.82. The zero-order chi connectivity index (χ0) is 74.6. The number of allylic oxidation sites excluding steroid dienone is 4. The summed E-state index contributed by atoms with van der Waals surface area (Å²) in [5.74, 6) is -5.53. The highest BCUT2D eigenvalue weighted by Gasteiger charge is 2.79. The third-order valence-corrected chi connectivity index (χ3v) is 24.2. The van der Waals surface area contributed by atoms with Crippen molar-refractivity contribution < 1.29 is 91.9 Å². The molecule has 6 saturated carbocycles. The molecule has 7 N–H and O–H groups in total. The summed E-state index contributed by atoms with van der Waals surface area (Å²) in [7, 11) is 0. The number of carbonyl (C=O) groups is 8. The number of ketones is 1. The molecule has 0 aromatic heterocycles. The van der Waals surface area contributed by atoms with Crippen molar-refractivity contribution >= 4 is 47.8 Å². The number of benzene rings is 3. The molecule has 0 radical (unpaired) electrons. The number of carbonyl (C=O) groups excluding carboxylic acids is 8. The number of fused-ring (bicyclic) bond motifs is 6. The van der Waals surface area contributed by atoms with E-state index in [1.54, 1.807) is 92.7 Å². The Bertz CT molecular complexity index is 3830. The fraction of sp³-hybridized carbons (Fsp3) is 0.561. The molecule has 1 aliphatic heterocycles. The summed E-state index contributed by atoms with van der Waals surface area (Å²) >= 11 is 0. The van der Waals surface area contributed by atoms with Crippen LogP contribution in [0.3, 0.4) is 0 Å². The molecule has 104 heavy (non-hydrogen) atoms. The first-order valence-corrected chi connectivity index (χ1v) is 37.1. The van der Waals surface area contributed by atoms with Crippen LogP contribution in [0.1, 0.15) is 184 Å². The maximum absolute atomic E-state index is 16.5. The van der Waals surface area contributed by atoms with Gasteiger partial charge >= 0.3 is 36.1 Å². The van der Waals surface area contributed by atoms with E-state index in [4.69, 9.17) is 33.2 Å². The van der Waals surface area contributed by atoms with Gasteiger partial charge in [-0.15, -0.1) is 0 Å². The zero-order valence-electron chi connectivity index (χ0n) is 61.0. The van der Waals surface area contributed by atoms with Gasteiger partial charge in [0.15, 0.2) is 23.6 Å². The fourth-order valence-corrected chi connectivity index (χ4v) is 18.4. The molecule has 11 rings (SSSR count). The first-order valence-electron chi connectivity index (χ1n) is 37.1. The van der Waals surface area contributed by atoms with Crippen LogP contribution in [-0.4, -0.2) is 154 Å². The average molecular weight is 1430 g/mol. The molecule has 22 nitrogen and oxygen atoms in total. The smallest absolute Gasteiger partial charge is 0.407 e. The van der Waals surface area contributed by atoms with Crippen molar-refractivity contribution in [3.63, 3.8) is 0 Å². The predicted octanol–water partition coefficient (Wildman–Crippen LogP) is 10.9. The average Bonchev–Trinajstić information content (AvgIpc) is 0.735. The molecule has 8 aliphatic rings. The van der Waals surface area contributed by atoms with Gasteiger partial charge in [-0.1, -0.05) is 144 Å². The lowest BCUT2D eigenvalue weighted by atomic mass is 9.44. The van der Waals surface area contributed by atoms with Crippen molar-refractivity contribution in [1.29, 1.82) is 0 Å². The van der Waals surface area contributed by atoms with Crippen molar-refractivity contribution in [2.24, 2.45) is 45.8 Å². The maximum Gasteiger partial charge on any atom is 0.407 e. The first-order chi connectivity index (χ1) is 49.5. The molecule has 18 atom stereocenters. The van der Waals surface area contributed by atoms with Crippen LogP contribution < -0.4 is 16.0 Å². The Kier molecular flexibility index (Phi) is 23.5. The summed E-state index contributed by atoms with van der Waals surface area (Å²) < 4.78 is 43.7. The number of alkyl carbamates (subject to hydrolysis) is 2. The van der Waals surface area contributed by atoms with Crippen LogP contribution in [0.15, 0.2) is 150 Å². The van der Waals surface area contributed by atoms with Gasteiger partial charge < -0.3 is 69.5 Å². The highest BCUT2D eigenvalue weighted by atomic mass is 16.6. The van der Waals surface area contributed by atoms with E-state index in [-0.39, 0.29) is 59.7 Å². The van der Waals surface area contributed by atoms with E-state index in [1.807, 2.05) is 6.08 Å². The van der Waals surface area contributed by atoms with E-state index >= 15 is 4.79 Å². The third-order valence-electron chi connectivity index (χ3n) is 24.2. The highest BCUT2D eigenvalue weighted by Crippen LogP contribution is 2.66. The lowest BCUT2D eigenvalue weighted by molar-refractivity contribution is -0.345. The molecule has 560 valence electrons. The van der Waals surface area contributed by atoms with Gasteiger partial charge in [-0.25, -0.2) is 19.2 Å². The Morgan fingerprint density at radius 3 is 1.99 bits per heavy atom. The monoisotopic (exact) mass is 1430 g/mol. The normalized spacial score (nSPS) is 32.5. The second kappa shape index (κ2) is 31.8. The molecule has 13 unspecified atom stereocenters. The van der Waals surface area contributed by atoms with Crippen molar-refractivity contribution in [3.05, 3.63) is 166 Å².